The Labute approximate surface area is 180 Å². The summed E-state index contributed by atoms with van der Waals surface area (Å²) < 4.78 is 21.9. The van der Waals surface area contributed by atoms with E-state index in [1.807, 2.05) is 4.98 Å². The van der Waals surface area contributed by atoms with Crippen molar-refractivity contribution in [1.29, 1.82) is 0 Å². The largest absolute Gasteiger partial charge is 0.463 e. The molecular weight excluding hydrogens is 432 g/mol. The third-order valence-electron chi connectivity index (χ3n) is 4.23. The van der Waals surface area contributed by atoms with Crippen molar-refractivity contribution in [3.8, 4) is 0 Å². The van der Waals surface area contributed by atoms with Gasteiger partial charge in [0.05, 0.1) is 0 Å². The number of carbonyl (C=O) groups excluding carboxylic acids is 4. The molecule has 2 rings (SSSR count). The monoisotopic (exact) mass is 456 g/mol. The molecule has 176 valence electrons. The van der Waals surface area contributed by atoms with Crippen LogP contribution in [0.3, 0.4) is 0 Å². The Balaban J connectivity index is 2.59. The highest BCUT2D eigenvalue weighted by Gasteiger charge is 2.51. The van der Waals surface area contributed by atoms with E-state index >= 15 is 0 Å². The number of hydrogen-bond donors (Lipinski definition) is 3. The number of nitrogens with two attached hydrogens (primary N) is 1. The van der Waals surface area contributed by atoms with Gasteiger partial charge in [-0.3, -0.25) is 33.5 Å². The van der Waals surface area contributed by atoms with Gasteiger partial charge in [0.2, 0.25) is 0 Å². The summed E-state index contributed by atoms with van der Waals surface area (Å²) in [6.45, 7) is 3.04. The average molecular weight is 456 g/mol. The van der Waals surface area contributed by atoms with Gasteiger partial charge in [0.25, 0.3) is 11.5 Å². The number of hydrogen-bond acceptors (Lipinski definition) is 11. The molecule has 4 atom stereocenters. The van der Waals surface area contributed by atoms with Crippen LogP contribution in [0.15, 0.2) is 15.7 Å². The molecule has 0 spiro atoms. The second-order valence-corrected chi connectivity index (χ2v) is 6.75. The number of aromatic amines is 1. The average Bonchev–Trinajstić information content (AvgIpc) is 2.99. The lowest BCUT2D eigenvalue weighted by atomic mass is 10.1. The number of rotatable bonds is 8. The van der Waals surface area contributed by atoms with Crippen LogP contribution in [-0.2, 0) is 33.3 Å². The van der Waals surface area contributed by atoms with Gasteiger partial charge in [-0.05, 0) is 0 Å². The quantitative estimate of drug-likeness (QED) is 0.277. The molecule has 0 bridgehead atoms. The van der Waals surface area contributed by atoms with E-state index in [1.165, 1.54) is 0 Å². The van der Waals surface area contributed by atoms with Gasteiger partial charge in [-0.25, -0.2) is 4.79 Å². The highest BCUT2D eigenvalue weighted by molar-refractivity contribution is 5.92. The van der Waals surface area contributed by atoms with Gasteiger partial charge in [-0.2, -0.15) is 0 Å². The molecule has 14 heteroatoms. The van der Waals surface area contributed by atoms with Crippen LogP contribution in [-0.4, -0.2) is 71.4 Å². The highest BCUT2D eigenvalue weighted by Crippen LogP contribution is 2.34. The van der Waals surface area contributed by atoms with E-state index < -0.39 is 71.9 Å². The van der Waals surface area contributed by atoms with Crippen molar-refractivity contribution in [2.45, 2.75) is 45.3 Å². The molecule has 1 fully saturated rings. The minimum Gasteiger partial charge on any atom is -0.463 e. The van der Waals surface area contributed by atoms with E-state index in [2.05, 4.69) is 5.32 Å². The molecule has 0 radical (unpaired) electrons. The minimum absolute atomic E-state index is 0.0455. The summed E-state index contributed by atoms with van der Waals surface area (Å²) in [4.78, 5) is 73.7. The molecule has 0 saturated carbocycles. The first-order valence-corrected chi connectivity index (χ1v) is 9.52. The number of H-pyrrole nitrogens is 1. The van der Waals surface area contributed by atoms with Crippen LogP contribution < -0.4 is 22.3 Å². The molecule has 0 unspecified atom stereocenters. The minimum atomic E-state index is -1.51. The first-order chi connectivity index (χ1) is 15.0. The fourth-order valence-electron chi connectivity index (χ4n) is 3.11. The molecule has 1 aliphatic rings. The molecule has 1 saturated heterocycles. The fraction of sp³-hybridized carbons (Fsp3) is 0.556. The normalized spacial score (nSPS) is 22.1. The van der Waals surface area contributed by atoms with Gasteiger partial charge in [0.15, 0.2) is 18.4 Å². The summed E-state index contributed by atoms with van der Waals surface area (Å²) in [7, 11) is 0. The van der Waals surface area contributed by atoms with E-state index in [0.717, 1.165) is 31.4 Å². The summed E-state index contributed by atoms with van der Waals surface area (Å²) in [5.74, 6) is -3.05. The third-order valence-corrected chi connectivity index (χ3v) is 4.23. The first kappa shape index (κ1) is 24.7. The Morgan fingerprint density at radius 1 is 1.09 bits per heavy atom. The second kappa shape index (κ2) is 10.7. The Kier molecular flexibility index (Phi) is 8.26. The summed E-state index contributed by atoms with van der Waals surface area (Å²) >= 11 is 0. The van der Waals surface area contributed by atoms with Crippen LogP contribution in [0.25, 0.3) is 0 Å². The van der Waals surface area contributed by atoms with E-state index in [-0.39, 0.29) is 13.1 Å². The fourth-order valence-corrected chi connectivity index (χ4v) is 3.11. The molecule has 1 amide bonds. The summed E-state index contributed by atoms with van der Waals surface area (Å²) in [5.41, 5.74) is 3.05. The molecule has 0 aromatic carbocycles. The van der Waals surface area contributed by atoms with Gasteiger partial charge < -0.3 is 30.0 Å². The molecular formula is C18H24N4O10. The predicted octanol–water partition coefficient (Wildman–Crippen LogP) is -2.45. The number of amides is 1. The molecule has 1 aromatic rings. The van der Waals surface area contributed by atoms with Crippen molar-refractivity contribution in [2.75, 3.05) is 19.7 Å². The molecule has 4 N–H and O–H groups in total. The topological polar surface area (TPSA) is 198 Å². The SMILES string of the molecule is CC(=O)OC[C@H]1O[C@@H](n2c(C(=O)NCCN)cc(=O)[nH]c2=O)[C@H](OC(C)=O)[C@@H]1OC(C)=O. The van der Waals surface area contributed by atoms with Crippen LogP contribution in [0.5, 0.6) is 0 Å². The number of nitrogens with one attached hydrogen (secondary N) is 2. The van der Waals surface area contributed by atoms with Crippen LogP contribution in [0.2, 0.25) is 0 Å². The van der Waals surface area contributed by atoms with Crippen molar-refractivity contribution in [2.24, 2.45) is 5.73 Å². The van der Waals surface area contributed by atoms with Crippen LogP contribution in [0.4, 0.5) is 0 Å². The lowest BCUT2D eigenvalue weighted by molar-refractivity contribution is -0.166. The number of nitrogens with zero attached hydrogens (tertiary/aromatic N) is 1. The first-order valence-electron chi connectivity index (χ1n) is 9.52. The van der Waals surface area contributed by atoms with Gasteiger partial charge in [-0.1, -0.05) is 0 Å². The van der Waals surface area contributed by atoms with E-state index in [0.29, 0.717) is 0 Å². The third kappa shape index (κ3) is 6.01. The smallest absolute Gasteiger partial charge is 0.331 e. The summed E-state index contributed by atoms with van der Waals surface area (Å²) in [6.07, 6.45) is -5.37. The number of ether oxygens (including phenoxy) is 4. The lowest BCUT2D eigenvalue weighted by Crippen LogP contribution is -2.45. The van der Waals surface area contributed by atoms with Crippen LogP contribution in [0, 0.1) is 0 Å². The van der Waals surface area contributed by atoms with Crippen molar-refractivity contribution < 1.29 is 38.1 Å². The maximum absolute atomic E-state index is 12.6. The van der Waals surface area contributed by atoms with Crippen molar-refractivity contribution >= 4 is 23.8 Å². The van der Waals surface area contributed by atoms with Gasteiger partial charge in [0, 0.05) is 39.9 Å². The van der Waals surface area contributed by atoms with E-state index in [1.54, 1.807) is 0 Å². The molecule has 1 aromatic heterocycles. The molecule has 0 aliphatic carbocycles. The number of carbonyl (C=O) groups is 4. The Bertz CT molecular complexity index is 1000. The Morgan fingerprint density at radius 2 is 1.72 bits per heavy atom. The number of aromatic nitrogens is 2. The molecule has 2 heterocycles. The zero-order valence-electron chi connectivity index (χ0n) is 17.6. The van der Waals surface area contributed by atoms with E-state index in [4.69, 9.17) is 24.7 Å². The number of esters is 3. The van der Waals surface area contributed by atoms with Gasteiger partial charge in [-0.15, -0.1) is 0 Å². The molecule has 32 heavy (non-hydrogen) atoms. The zero-order chi connectivity index (χ0) is 24.0. The van der Waals surface area contributed by atoms with Crippen LogP contribution >= 0.6 is 0 Å². The van der Waals surface area contributed by atoms with Gasteiger partial charge in [0.1, 0.15) is 18.4 Å². The van der Waals surface area contributed by atoms with Crippen LogP contribution in [0.1, 0.15) is 37.5 Å². The zero-order valence-corrected chi connectivity index (χ0v) is 17.6. The maximum atomic E-state index is 12.6. The van der Waals surface area contributed by atoms with Crippen molar-refractivity contribution in [3.63, 3.8) is 0 Å². The van der Waals surface area contributed by atoms with Gasteiger partial charge >= 0.3 is 23.6 Å². The summed E-state index contributed by atoms with van der Waals surface area (Å²) in [6, 6.07) is 0.849. The van der Waals surface area contributed by atoms with Crippen molar-refractivity contribution in [1.82, 2.24) is 14.9 Å². The summed E-state index contributed by atoms with van der Waals surface area (Å²) in [5, 5.41) is 2.42. The highest BCUT2D eigenvalue weighted by atomic mass is 16.7. The van der Waals surface area contributed by atoms with E-state index in [9.17, 15) is 28.8 Å². The van der Waals surface area contributed by atoms with Crippen molar-refractivity contribution in [3.05, 3.63) is 32.6 Å². The molecule has 1 aliphatic heterocycles. The maximum Gasteiger partial charge on any atom is 0.331 e. The Hall–Kier alpha value is -3.52. The standard InChI is InChI=1S/C18H24N4O10/c1-8(23)29-7-12-14(30-9(2)24)15(31-10(3)25)17(32-12)22-11(16(27)20-5-4-19)6-13(26)21-18(22)28/h6,12,14-15,17H,4-5,7,19H2,1-3H3,(H,20,27)(H,21,26,28)/t12-,14-,15-,17-/m1/s1. The Morgan fingerprint density at radius 3 is 2.28 bits per heavy atom. The molecule has 14 nitrogen and oxygen atoms in total. The lowest BCUT2D eigenvalue weighted by Gasteiger charge is -2.25. The predicted molar refractivity (Wildman–Crippen MR) is 104 cm³/mol. The second-order valence-electron chi connectivity index (χ2n) is 6.75.